The minimum absolute atomic E-state index is 0.390. The molecule has 10 heteroatoms. The molecule has 0 aliphatic rings. The Morgan fingerprint density at radius 1 is 1.09 bits per heavy atom. The Balaban J connectivity index is 1.80. The van der Waals surface area contributed by atoms with Gasteiger partial charge in [0.1, 0.15) is 6.54 Å². The van der Waals surface area contributed by atoms with Gasteiger partial charge in [-0.15, -0.1) is 0 Å². The third kappa shape index (κ3) is 5.46. The molecule has 3 aromatic rings. The molecule has 2 aromatic carbocycles. The van der Waals surface area contributed by atoms with Gasteiger partial charge in [-0.05, 0) is 57.0 Å². The quantitative estimate of drug-likeness (QED) is 0.353. The summed E-state index contributed by atoms with van der Waals surface area (Å²) in [6.07, 6.45) is 2.59. The molecule has 1 aromatic heterocycles. The molecule has 0 bridgehead atoms. The Labute approximate surface area is 210 Å². The number of hydrogen-bond donors (Lipinski definition) is 1. The van der Waals surface area contributed by atoms with Gasteiger partial charge in [0.05, 0.1) is 33.9 Å². The maximum Gasteiger partial charge on any atom is 0.260 e. The second-order valence-corrected chi connectivity index (χ2v) is 10.7. The molecule has 0 saturated heterocycles. The van der Waals surface area contributed by atoms with Gasteiger partial charge in [0.2, 0.25) is 10.0 Å². The van der Waals surface area contributed by atoms with Crippen molar-refractivity contribution in [3.8, 4) is 5.69 Å². The lowest BCUT2D eigenvalue weighted by Gasteiger charge is -2.25. The Bertz CT molecular complexity index is 1360. The Morgan fingerprint density at radius 3 is 2.32 bits per heavy atom. The first-order valence-electron chi connectivity index (χ1n) is 10.4. The van der Waals surface area contributed by atoms with Crippen molar-refractivity contribution in [2.75, 3.05) is 17.1 Å². The summed E-state index contributed by atoms with van der Waals surface area (Å²) < 4.78 is 27.9. The van der Waals surface area contributed by atoms with Crippen molar-refractivity contribution < 1.29 is 13.2 Å². The molecule has 0 aliphatic carbocycles. The van der Waals surface area contributed by atoms with Crippen molar-refractivity contribution in [2.24, 2.45) is 5.10 Å². The van der Waals surface area contributed by atoms with Gasteiger partial charge in [0.25, 0.3) is 5.91 Å². The number of aromatic nitrogens is 1. The van der Waals surface area contributed by atoms with Crippen LogP contribution in [0.5, 0.6) is 0 Å². The second kappa shape index (κ2) is 10.2. The molecule has 0 unspecified atom stereocenters. The molecular formula is C24H26Cl2N4O3S. The number of aryl methyl sites for hydroxylation is 3. The Morgan fingerprint density at radius 2 is 1.71 bits per heavy atom. The number of benzene rings is 2. The standard InChI is InChI=1S/C24H26Cl2N4O3S/c1-15-8-6-9-16(2)24(15)29(34(5,32)33)14-22(31)28-27-13-19-12-17(3)30(18(19)4)21-11-7-10-20(25)23(21)26/h6-13H,14H2,1-5H3,(H,28,31)/b27-13-. The first-order valence-corrected chi connectivity index (χ1v) is 13.0. The van der Waals surface area contributed by atoms with Crippen LogP contribution in [0.1, 0.15) is 28.1 Å². The molecule has 1 heterocycles. The predicted octanol–water partition coefficient (Wildman–Crippen LogP) is 4.93. The first kappa shape index (κ1) is 25.8. The van der Waals surface area contributed by atoms with Crippen LogP contribution >= 0.6 is 23.2 Å². The van der Waals surface area contributed by atoms with E-state index in [1.165, 1.54) is 6.21 Å². The Kier molecular flexibility index (Phi) is 7.75. The fourth-order valence-corrected chi connectivity index (χ4v) is 5.21. The summed E-state index contributed by atoms with van der Waals surface area (Å²) in [5.41, 5.74) is 7.71. The second-order valence-electron chi connectivity index (χ2n) is 8.04. The monoisotopic (exact) mass is 520 g/mol. The Hall–Kier alpha value is -2.81. The highest BCUT2D eigenvalue weighted by atomic mass is 35.5. The smallest absolute Gasteiger partial charge is 0.260 e. The summed E-state index contributed by atoms with van der Waals surface area (Å²) in [6.45, 7) is 7.05. The van der Waals surface area contributed by atoms with Gasteiger partial charge in [-0.3, -0.25) is 9.10 Å². The molecule has 3 rings (SSSR count). The van der Waals surface area contributed by atoms with Crippen LogP contribution in [-0.4, -0.2) is 37.9 Å². The lowest BCUT2D eigenvalue weighted by molar-refractivity contribution is -0.119. The zero-order valence-corrected chi connectivity index (χ0v) is 21.9. The number of nitrogens with zero attached hydrogens (tertiary/aromatic N) is 3. The first-order chi connectivity index (χ1) is 15.9. The van der Waals surface area contributed by atoms with Gasteiger partial charge in [0, 0.05) is 17.0 Å². The van der Waals surface area contributed by atoms with E-state index in [-0.39, 0.29) is 6.54 Å². The normalized spacial score (nSPS) is 11.7. The topological polar surface area (TPSA) is 83.8 Å². The van der Waals surface area contributed by atoms with Gasteiger partial charge in [0.15, 0.2) is 0 Å². The highest BCUT2D eigenvalue weighted by Crippen LogP contribution is 2.31. The van der Waals surface area contributed by atoms with E-state index < -0.39 is 15.9 Å². The molecule has 0 aliphatic heterocycles. The molecule has 0 radical (unpaired) electrons. The van der Waals surface area contributed by atoms with E-state index in [1.54, 1.807) is 32.0 Å². The minimum Gasteiger partial charge on any atom is -0.316 e. The van der Waals surface area contributed by atoms with Crippen molar-refractivity contribution in [3.63, 3.8) is 0 Å². The highest BCUT2D eigenvalue weighted by Gasteiger charge is 2.23. The fourth-order valence-electron chi connectivity index (χ4n) is 3.85. The summed E-state index contributed by atoms with van der Waals surface area (Å²) >= 11 is 12.6. The highest BCUT2D eigenvalue weighted by molar-refractivity contribution is 7.92. The molecule has 34 heavy (non-hydrogen) atoms. The summed E-state index contributed by atoms with van der Waals surface area (Å²) in [4.78, 5) is 12.6. The third-order valence-electron chi connectivity index (χ3n) is 5.41. The average Bonchev–Trinajstić information content (AvgIpc) is 3.01. The van der Waals surface area contributed by atoms with Crippen LogP contribution in [0.15, 0.2) is 47.6 Å². The summed E-state index contributed by atoms with van der Waals surface area (Å²) in [5, 5.41) is 4.94. The average molecular weight is 521 g/mol. The van der Waals surface area contributed by atoms with Crippen molar-refractivity contribution in [3.05, 3.63) is 80.6 Å². The van der Waals surface area contributed by atoms with E-state index in [9.17, 15) is 13.2 Å². The van der Waals surface area contributed by atoms with Gasteiger partial charge >= 0.3 is 0 Å². The van der Waals surface area contributed by atoms with E-state index in [0.29, 0.717) is 15.7 Å². The van der Waals surface area contributed by atoms with Crippen LogP contribution in [0.3, 0.4) is 0 Å². The zero-order valence-electron chi connectivity index (χ0n) is 19.6. The lowest BCUT2D eigenvalue weighted by atomic mass is 10.1. The molecule has 0 atom stereocenters. The maximum atomic E-state index is 12.6. The van der Waals surface area contributed by atoms with E-state index in [0.717, 1.165) is 44.3 Å². The minimum atomic E-state index is -3.69. The molecule has 1 amide bonds. The lowest BCUT2D eigenvalue weighted by Crippen LogP contribution is -2.39. The number of halogens is 2. The van der Waals surface area contributed by atoms with Crippen LogP contribution in [0.2, 0.25) is 10.0 Å². The molecule has 180 valence electrons. The van der Waals surface area contributed by atoms with E-state index in [2.05, 4.69) is 10.5 Å². The maximum absolute atomic E-state index is 12.6. The number of sulfonamides is 1. The number of nitrogens with one attached hydrogen (secondary N) is 1. The predicted molar refractivity (Wildman–Crippen MR) is 139 cm³/mol. The summed E-state index contributed by atoms with van der Waals surface area (Å²) in [7, 11) is -3.69. The summed E-state index contributed by atoms with van der Waals surface area (Å²) in [5.74, 6) is -0.559. The number of carbonyl (C=O) groups is 1. The van der Waals surface area contributed by atoms with Gasteiger partial charge in [-0.2, -0.15) is 5.10 Å². The summed E-state index contributed by atoms with van der Waals surface area (Å²) in [6, 6.07) is 12.8. The molecular weight excluding hydrogens is 495 g/mol. The molecule has 0 spiro atoms. The molecule has 1 N–H and O–H groups in total. The van der Waals surface area contributed by atoms with Crippen LogP contribution < -0.4 is 9.73 Å². The van der Waals surface area contributed by atoms with Crippen LogP contribution in [0.25, 0.3) is 5.69 Å². The van der Waals surface area contributed by atoms with Crippen molar-refractivity contribution in [1.29, 1.82) is 0 Å². The third-order valence-corrected chi connectivity index (χ3v) is 7.33. The SMILES string of the molecule is Cc1cccc(C)c1N(CC(=O)N/N=C\c1cc(C)n(-c2cccc(Cl)c2Cl)c1C)S(C)(=O)=O. The van der Waals surface area contributed by atoms with Crippen molar-refractivity contribution in [2.45, 2.75) is 27.7 Å². The number of rotatable bonds is 7. The number of para-hydroxylation sites is 1. The number of carbonyl (C=O) groups excluding carboxylic acids is 1. The van der Waals surface area contributed by atoms with Crippen LogP contribution in [-0.2, 0) is 14.8 Å². The van der Waals surface area contributed by atoms with Gasteiger partial charge < -0.3 is 4.57 Å². The number of amides is 1. The largest absolute Gasteiger partial charge is 0.316 e. The number of hydrogen-bond acceptors (Lipinski definition) is 4. The van der Waals surface area contributed by atoms with Crippen LogP contribution in [0, 0.1) is 27.7 Å². The molecule has 0 fully saturated rings. The van der Waals surface area contributed by atoms with E-state index in [4.69, 9.17) is 23.2 Å². The molecule has 7 nitrogen and oxygen atoms in total. The van der Waals surface area contributed by atoms with E-state index >= 15 is 0 Å². The van der Waals surface area contributed by atoms with Crippen molar-refractivity contribution >= 4 is 51.0 Å². The molecule has 0 saturated carbocycles. The van der Waals surface area contributed by atoms with Gasteiger partial charge in [-0.25, -0.2) is 13.8 Å². The number of hydrazone groups is 1. The van der Waals surface area contributed by atoms with E-state index in [1.807, 2.05) is 42.7 Å². The van der Waals surface area contributed by atoms with Crippen LogP contribution in [0.4, 0.5) is 5.69 Å². The number of anilines is 1. The van der Waals surface area contributed by atoms with Crippen molar-refractivity contribution in [1.82, 2.24) is 9.99 Å². The zero-order chi connectivity index (χ0) is 25.2. The van der Waals surface area contributed by atoms with Gasteiger partial charge in [-0.1, -0.05) is 47.5 Å². The fraction of sp³-hybridized carbons (Fsp3) is 0.250.